The molecule has 1 atom stereocenters. The van der Waals surface area contributed by atoms with Gasteiger partial charge in [-0.25, -0.2) is 0 Å². The lowest BCUT2D eigenvalue weighted by Crippen LogP contribution is -2.50. The Hall–Kier alpha value is -2.41. The lowest BCUT2D eigenvalue weighted by molar-refractivity contribution is -0.123. The van der Waals surface area contributed by atoms with Crippen LogP contribution in [0.1, 0.15) is 59.2 Å². The number of fused-ring (bicyclic) bond motifs is 1. The Balaban J connectivity index is 1.46. The topological polar surface area (TPSA) is 90.0 Å². The number of carbonyl (C=O) groups is 3. The predicted octanol–water partition coefficient (Wildman–Crippen LogP) is 1.55. The Morgan fingerprint density at radius 1 is 1.04 bits per heavy atom. The monoisotopic (exact) mass is 385 g/mol. The summed E-state index contributed by atoms with van der Waals surface area (Å²) in [4.78, 5) is 40.7. The molecule has 2 N–H and O–H groups in total. The van der Waals surface area contributed by atoms with Crippen LogP contribution >= 0.6 is 0 Å². The van der Waals surface area contributed by atoms with Crippen molar-refractivity contribution in [2.75, 3.05) is 31.1 Å². The van der Waals surface area contributed by atoms with Crippen LogP contribution in [0, 0.1) is 5.92 Å². The third-order valence-electron chi connectivity index (χ3n) is 6.26. The second kappa shape index (κ2) is 7.91. The van der Waals surface area contributed by atoms with Crippen LogP contribution in [-0.4, -0.2) is 60.0 Å². The maximum atomic E-state index is 12.9. The Morgan fingerprint density at radius 3 is 2.46 bits per heavy atom. The number of hydrogen-bond donors (Lipinski definition) is 2. The molecule has 0 bridgehead atoms. The van der Waals surface area contributed by atoms with Crippen LogP contribution in [0.5, 0.6) is 0 Å². The first-order valence-corrected chi connectivity index (χ1v) is 10.2. The van der Waals surface area contributed by atoms with Gasteiger partial charge in [-0.2, -0.15) is 0 Å². The van der Waals surface area contributed by atoms with Crippen molar-refractivity contribution in [3.8, 4) is 0 Å². The zero-order chi connectivity index (χ0) is 19.7. The highest BCUT2D eigenvalue weighted by molar-refractivity contribution is 6.22. The van der Waals surface area contributed by atoms with E-state index < -0.39 is 0 Å². The molecular formula is C21H27N3O4. The highest BCUT2D eigenvalue weighted by Gasteiger charge is 2.41. The molecule has 3 aliphatic rings. The molecule has 1 aromatic rings. The molecule has 150 valence electrons. The summed E-state index contributed by atoms with van der Waals surface area (Å²) in [6.45, 7) is 2.44. The number of nitrogens with one attached hydrogen (secondary N) is 1. The standard InChI is InChI=1S/C21H27N3O4/c25-11-1-2-14-7-9-23(10-8-14)15-3-5-17-18(12-15)21(28)24(20(17)27)16-4-6-19(26)22-13-16/h3,5,12,14,16,25H,1-2,4,6-11,13H2,(H,22,26). The summed E-state index contributed by atoms with van der Waals surface area (Å²) in [5, 5.41) is 11.7. The molecule has 0 aliphatic carbocycles. The van der Waals surface area contributed by atoms with E-state index in [1.165, 1.54) is 4.90 Å². The summed E-state index contributed by atoms with van der Waals surface area (Å²) in [7, 11) is 0. The van der Waals surface area contributed by atoms with Gasteiger partial charge in [-0.15, -0.1) is 0 Å². The van der Waals surface area contributed by atoms with Gasteiger partial charge in [0.25, 0.3) is 11.8 Å². The Labute approximate surface area is 164 Å². The zero-order valence-corrected chi connectivity index (χ0v) is 16.0. The molecule has 3 aliphatic heterocycles. The van der Waals surface area contributed by atoms with Crippen molar-refractivity contribution in [1.82, 2.24) is 10.2 Å². The predicted molar refractivity (Wildman–Crippen MR) is 104 cm³/mol. The number of carbonyl (C=O) groups excluding carboxylic acids is 3. The molecule has 0 saturated carbocycles. The van der Waals surface area contributed by atoms with Gasteiger partial charge in [0.05, 0.1) is 17.2 Å². The van der Waals surface area contributed by atoms with E-state index in [-0.39, 0.29) is 30.4 Å². The first-order chi connectivity index (χ1) is 13.6. The second-order valence-electron chi connectivity index (χ2n) is 8.00. The molecule has 0 aromatic heterocycles. The maximum Gasteiger partial charge on any atom is 0.261 e. The number of aliphatic hydroxyl groups is 1. The lowest BCUT2D eigenvalue weighted by Gasteiger charge is -2.33. The van der Waals surface area contributed by atoms with E-state index in [0.29, 0.717) is 36.4 Å². The van der Waals surface area contributed by atoms with Gasteiger partial charge in [0.1, 0.15) is 0 Å². The Kier molecular flexibility index (Phi) is 5.35. The summed E-state index contributed by atoms with van der Waals surface area (Å²) in [6.07, 6.45) is 4.95. The van der Waals surface area contributed by atoms with E-state index in [1.54, 1.807) is 6.07 Å². The fourth-order valence-corrected chi connectivity index (χ4v) is 4.58. The summed E-state index contributed by atoms with van der Waals surface area (Å²) in [6, 6.07) is 5.29. The van der Waals surface area contributed by atoms with Crippen LogP contribution in [0.25, 0.3) is 0 Å². The van der Waals surface area contributed by atoms with E-state index in [0.717, 1.165) is 44.5 Å². The molecule has 7 nitrogen and oxygen atoms in total. The normalized spacial score (nSPS) is 23.2. The van der Waals surface area contributed by atoms with E-state index in [1.807, 2.05) is 12.1 Å². The van der Waals surface area contributed by atoms with Crippen molar-refractivity contribution in [2.45, 2.75) is 44.6 Å². The van der Waals surface area contributed by atoms with E-state index in [2.05, 4.69) is 10.2 Å². The number of amides is 3. The molecule has 4 rings (SSSR count). The van der Waals surface area contributed by atoms with Crippen molar-refractivity contribution >= 4 is 23.4 Å². The minimum atomic E-state index is -0.268. The summed E-state index contributed by atoms with van der Waals surface area (Å²) >= 11 is 0. The fourth-order valence-electron chi connectivity index (χ4n) is 4.58. The number of imide groups is 1. The van der Waals surface area contributed by atoms with Gasteiger partial charge in [0.2, 0.25) is 5.91 Å². The lowest BCUT2D eigenvalue weighted by atomic mass is 9.92. The number of rotatable bonds is 5. The second-order valence-corrected chi connectivity index (χ2v) is 8.00. The average molecular weight is 385 g/mol. The van der Waals surface area contributed by atoms with E-state index >= 15 is 0 Å². The molecule has 3 amide bonds. The van der Waals surface area contributed by atoms with Gasteiger partial charge < -0.3 is 15.3 Å². The van der Waals surface area contributed by atoms with Crippen molar-refractivity contribution < 1.29 is 19.5 Å². The highest BCUT2D eigenvalue weighted by atomic mass is 16.3. The van der Waals surface area contributed by atoms with Crippen molar-refractivity contribution in [1.29, 1.82) is 0 Å². The zero-order valence-electron chi connectivity index (χ0n) is 16.0. The van der Waals surface area contributed by atoms with Gasteiger partial charge in [0, 0.05) is 38.3 Å². The van der Waals surface area contributed by atoms with E-state index in [4.69, 9.17) is 5.11 Å². The summed E-state index contributed by atoms with van der Waals surface area (Å²) < 4.78 is 0. The number of nitrogens with zero attached hydrogens (tertiary/aromatic N) is 2. The van der Waals surface area contributed by atoms with Crippen LogP contribution in [0.3, 0.4) is 0 Å². The third-order valence-corrected chi connectivity index (χ3v) is 6.26. The van der Waals surface area contributed by atoms with Gasteiger partial charge >= 0.3 is 0 Å². The van der Waals surface area contributed by atoms with Gasteiger partial charge in [0.15, 0.2) is 0 Å². The number of aliphatic hydroxyl groups excluding tert-OH is 1. The number of hydrogen-bond acceptors (Lipinski definition) is 5. The Bertz CT molecular complexity index is 776. The van der Waals surface area contributed by atoms with Crippen LogP contribution < -0.4 is 10.2 Å². The SMILES string of the molecule is O=C1CCC(N2C(=O)c3ccc(N4CCC(CCCO)CC4)cc3C2=O)CN1. The number of piperidine rings is 2. The van der Waals surface area contributed by atoms with Crippen LogP contribution in [-0.2, 0) is 4.79 Å². The Morgan fingerprint density at radius 2 is 1.79 bits per heavy atom. The molecule has 0 radical (unpaired) electrons. The smallest absolute Gasteiger partial charge is 0.261 e. The van der Waals surface area contributed by atoms with E-state index in [9.17, 15) is 14.4 Å². The molecule has 1 unspecified atom stereocenters. The molecule has 1 aromatic carbocycles. The molecule has 3 heterocycles. The summed E-state index contributed by atoms with van der Waals surface area (Å²) in [5.41, 5.74) is 1.92. The van der Waals surface area contributed by atoms with Crippen molar-refractivity contribution in [3.63, 3.8) is 0 Å². The molecule has 2 fully saturated rings. The quantitative estimate of drug-likeness (QED) is 0.751. The summed E-state index contributed by atoms with van der Waals surface area (Å²) in [5.74, 6) is 0.117. The minimum absolute atomic E-state index is 0.0301. The van der Waals surface area contributed by atoms with Gasteiger partial charge in [-0.3, -0.25) is 19.3 Å². The average Bonchev–Trinajstić information content (AvgIpc) is 2.97. The number of anilines is 1. The molecule has 2 saturated heterocycles. The highest BCUT2D eigenvalue weighted by Crippen LogP contribution is 2.32. The first kappa shape index (κ1) is 18.9. The number of benzene rings is 1. The van der Waals surface area contributed by atoms with Crippen LogP contribution in [0.15, 0.2) is 18.2 Å². The fraction of sp³-hybridized carbons (Fsp3) is 0.571. The third kappa shape index (κ3) is 3.51. The molecule has 0 spiro atoms. The molecular weight excluding hydrogens is 358 g/mol. The molecule has 28 heavy (non-hydrogen) atoms. The van der Waals surface area contributed by atoms with Crippen molar-refractivity contribution in [3.05, 3.63) is 29.3 Å². The molecule has 7 heteroatoms. The van der Waals surface area contributed by atoms with Crippen LogP contribution in [0.2, 0.25) is 0 Å². The minimum Gasteiger partial charge on any atom is -0.396 e. The largest absolute Gasteiger partial charge is 0.396 e. The van der Waals surface area contributed by atoms with Gasteiger partial charge in [-0.05, 0) is 56.2 Å². The van der Waals surface area contributed by atoms with Gasteiger partial charge in [-0.1, -0.05) is 0 Å². The maximum absolute atomic E-state index is 12.9. The first-order valence-electron chi connectivity index (χ1n) is 10.2. The van der Waals surface area contributed by atoms with Crippen LogP contribution in [0.4, 0.5) is 5.69 Å². The van der Waals surface area contributed by atoms with Crippen molar-refractivity contribution in [2.24, 2.45) is 5.92 Å².